The van der Waals surface area contributed by atoms with Crippen molar-refractivity contribution in [2.24, 2.45) is 4.99 Å². The van der Waals surface area contributed by atoms with Crippen LogP contribution in [0.4, 0.5) is 8.78 Å². The summed E-state index contributed by atoms with van der Waals surface area (Å²) in [6.45, 7) is 1.43. The SMILES string of the molecule is CCNC(=NCC(O)c1ccc(OC(F)F)cc1)NCCCOC1CCCCC1. The molecule has 1 aliphatic rings. The second-order valence-electron chi connectivity index (χ2n) is 7.09. The predicted molar refractivity (Wildman–Crippen MR) is 109 cm³/mol. The Morgan fingerprint density at radius 3 is 2.55 bits per heavy atom. The molecule has 1 atom stereocenters. The molecule has 1 fully saturated rings. The number of guanidine groups is 1. The fraction of sp³-hybridized carbons (Fsp3) is 0.667. The van der Waals surface area contributed by atoms with Crippen LogP contribution in [-0.4, -0.2) is 50.0 Å². The Kier molecular flexibility index (Phi) is 10.7. The number of hydrogen-bond acceptors (Lipinski definition) is 4. The minimum atomic E-state index is -2.86. The van der Waals surface area contributed by atoms with Gasteiger partial charge < -0.3 is 25.2 Å². The number of ether oxygens (including phenoxy) is 2. The zero-order chi connectivity index (χ0) is 20.9. The highest BCUT2D eigenvalue weighted by molar-refractivity contribution is 5.79. The second kappa shape index (κ2) is 13.3. The van der Waals surface area contributed by atoms with Crippen LogP contribution in [0.3, 0.4) is 0 Å². The fourth-order valence-electron chi connectivity index (χ4n) is 3.26. The lowest BCUT2D eigenvalue weighted by Gasteiger charge is -2.22. The Morgan fingerprint density at radius 2 is 1.90 bits per heavy atom. The standard InChI is InChI=1S/C21H33F2N3O3/c1-2-24-21(25-13-6-14-28-17-7-4-3-5-8-17)26-15-19(27)16-9-11-18(12-10-16)29-20(22)23/h9-12,17,19-20,27H,2-8,13-15H2,1H3,(H2,24,25,26). The third-order valence-electron chi connectivity index (χ3n) is 4.78. The molecule has 0 saturated heterocycles. The van der Waals surface area contributed by atoms with Crippen molar-refractivity contribution in [1.82, 2.24) is 10.6 Å². The van der Waals surface area contributed by atoms with Crippen LogP contribution < -0.4 is 15.4 Å². The maximum absolute atomic E-state index is 12.2. The molecule has 1 saturated carbocycles. The Balaban J connectivity index is 1.72. The van der Waals surface area contributed by atoms with Gasteiger partial charge in [0.25, 0.3) is 0 Å². The molecule has 0 heterocycles. The van der Waals surface area contributed by atoms with Gasteiger partial charge in [-0.3, -0.25) is 4.99 Å². The largest absolute Gasteiger partial charge is 0.435 e. The summed E-state index contributed by atoms with van der Waals surface area (Å²) in [5.41, 5.74) is 0.590. The molecule has 0 spiro atoms. The molecule has 164 valence electrons. The van der Waals surface area contributed by atoms with Crippen LogP contribution >= 0.6 is 0 Å². The van der Waals surface area contributed by atoms with Crippen molar-refractivity contribution in [2.75, 3.05) is 26.2 Å². The van der Waals surface area contributed by atoms with Crippen LogP contribution in [0.1, 0.15) is 57.1 Å². The minimum Gasteiger partial charge on any atom is -0.435 e. The number of alkyl halides is 2. The summed E-state index contributed by atoms with van der Waals surface area (Å²) in [6, 6.07) is 5.93. The van der Waals surface area contributed by atoms with Crippen LogP contribution in [0, 0.1) is 0 Å². The van der Waals surface area contributed by atoms with E-state index in [0.717, 1.165) is 19.6 Å². The fourth-order valence-corrected chi connectivity index (χ4v) is 3.26. The van der Waals surface area contributed by atoms with E-state index < -0.39 is 12.7 Å². The summed E-state index contributed by atoms with van der Waals surface area (Å²) >= 11 is 0. The first-order chi connectivity index (χ1) is 14.1. The molecular weight excluding hydrogens is 380 g/mol. The van der Waals surface area contributed by atoms with Gasteiger partial charge in [-0.05, 0) is 43.9 Å². The molecule has 0 amide bonds. The van der Waals surface area contributed by atoms with Gasteiger partial charge in [0, 0.05) is 19.7 Å². The molecule has 3 N–H and O–H groups in total. The van der Waals surface area contributed by atoms with Crippen molar-refractivity contribution in [3.8, 4) is 5.75 Å². The second-order valence-corrected chi connectivity index (χ2v) is 7.09. The number of aliphatic hydroxyl groups excluding tert-OH is 1. The molecule has 0 radical (unpaired) electrons. The Bertz CT molecular complexity index is 593. The number of aliphatic hydroxyl groups is 1. The number of aliphatic imine (C=N–C) groups is 1. The predicted octanol–water partition coefficient (Wildman–Crippen LogP) is 3.62. The normalized spacial score (nSPS) is 16.7. The Labute approximate surface area is 171 Å². The average molecular weight is 414 g/mol. The number of nitrogens with zero attached hydrogens (tertiary/aromatic N) is 1. The lowest BCUT2D eigenvalue weighted by atomic mass is 9.98. The summed E-state index contributed by atoms with van der Waals surface area (Å²) < 4.78 is 34.6. The first kappa shape index (κ1) is 23.3. The first-order valence-electron chi connectivity index (χ1n) is 10.4. The summed E-state index contributed by atoms with van der Waals surface area (Å²) in [5, 5.41) is 16.7. The maximum Gasteiger partial charge on any atom is 0.387 e. The topological polar surface area (TPSA) is 75.1 Å². The highest BCUT2D eigenvalue weighted by Gasteiger charge is 2.13. The molecule has 8 heteroatoms. The van der Waals surface area contributed by atoms with Crippen molar-refractivity contribution in [2.45, 2.75) is 64.3 Å². The van der Waals surface area contributed by atoms with Crippen LogP contribution in [0.15, 0.2) is 29.3 Å². The van der Waals surface area contributed by atoms with Gasteiger partial charge in [0.2, 0.25) is 0 Å². The molecule has 2 rings (SSSR count). The van der Waals surface area contributed by atoms with Gasteiger partial charge in [-0.15, -0.1) is 0 Å². The summed E-state index contributed by atoms with van der Waals surface area (Å²) in [4.78, 5) is 4.40. The summed E-state index contributed by atoms with van der Waals surface area (Å²) in [5.74, 6) is 0.687. The van der Waals surface area contributed by atoms with E-state index in [1.165, 1.54) is 44.2 Å². The van der Waals surface area contributed by atoms with Gasteiger partial charge in [0.1, 0.15) is 5.75 Å². The quantitative estimate of drug-likeness (QED) is 0.294. The third-order valence-corrected chi connectivity index (χ3v) is 4.78. The Morgan fingerprint density at radius 1 is 1.17 bits per heavy atom. The summed E-state index contributed by atoms with van der Waals surface area (Å²) in [7, 11) is 0. The van der Waals surface area contributed by atoms with E-state index in [0.29, 0.717) is 24.2 Å². The lowest BCUT2D eigenvalue weighted by Crippen LogP contribution is -2.38. The third kappa shape index (κ3) is 9.41. The lowest BCUT2D eigenvalue weighted by molar-refractivity contribution is -0.0498. The van der Waals surface area contributed by atoms with Crippen molar-refractivity contribution in [3.63, 3.8) is 0 Å². The molecule has 6 nitrogen and oxygen atoms in total. The molecule has 0 aromatic heterocycles. The zero-order valence-corrected chi connectivity index (χ0v) is 17.1. The van der Waals surface area contributed by atoms with E-state index in [1.807, 2.05) is 6.92 Å². The van der Waals surface area contributed by atoms with Crippen LogP contribution in [-0.2, 0) is 4.74 Å². The molecule has 1 aromatic rings. The van der Waals surface area contributed by atoms with Crippen molar-refractivity contribution in [1.29, 1.82) is 0 Å². The van der Waals surface area contributed by atoms with E-state index in [9.17, 15) is 13.9 Å². The smallest absolute Gasteiger partial charge is 0.387 e. The van der Waals surface area contributed by atoms with Crippen LogP contribution in [0.25, 0.3) is 0 Å². The molecule has 1 aliphatic carbocycles. The molecule has 0 bridgehead atoms. The van der Waals surface area contributed by atoms with E-state index in [2.05, 4.69) is 20.4 Å². The molecule has 1 aromatic carbocycles. The van der Waals surface area contributed by atoms with E-state index in [1.54, 1.807) is 12.1 Å². The van der Waals surface area contributed by atoms with Crippen molar-refractivity contribution >= 4 is 5.96 Å². The van der Waals surface area contributed by atoms with Crippen molar-refractivity contribution in [3.05, 3.63) is 29.8 Å². The van der Waals surface area contributed by atoms with Crippen LogP contribution in [0.2, 0.25) is 0 Å². The minimum absolute atomic E-state index is 0.0601. The molecule has 29 heavy (non-hydrogen) atoms. The highest BCUT2D eigenvalue weighted by atomic mass is 19.3. The molecule has 1 unspecified atom stereocenters. The van der Waals surface area contributed by atoms with Gasteiger partial charge in [0.05, 0.1) is 18.8 Å². The maximum atomic E-state index is 12.2. The van der Waals surface area contributed by atoms with Gasteiger partial charge in [-0.1, -0.05) is 31.4 Å². The van der Waals surface area contributed by atoms with Crippen molar-refractivity contribution < 1.29 is 23.4 Å². The summed E-state index contributed by atoms with van der Waals surface area (Å²) in [6.07, 6.45) is 6.67. The van der Waals surface area contributed by atoms with Gasteiger partial charge in [-0.25, -0.2) is 0 Å². The van der Waals surface area contributed by atoms with E-state index >= 15 is 0 Å². The van der Waals surface area contributed by atoms with E-state index in [-0.39, 0.29) is 12.3 Å². The highest BCUT2D eigenvalue weighted by Crippen LogP contribution is 2.20. The molecule has 0 aliphatic heterocycles. The first-order valence-corrected chi connectivity index (χ1v) is 10.4. The number of rotatable bonds is 11. The number of hydrogen-bond donors (Lipinski definition) is 3. The van der Waals surface area contributed by atoms with E-state index in [4.69, 9.17) is 4.74 Å². The average Bonchev–Trinajstić information content (AvgIpc) is 2.72. The van der Waals surface area contributed by atoms with Gasteiger partial charge >= 0.3 is 6.61 Å². The van der Waals surface area contributed by atoms with Crippen LogP contribution in [0.5, 0.6) is 5.75 Å². The van der Waals surface area contributed by atoms with Gasteiger partial charge in [0.15, 0.2) is 5.96 Å². The number of halogens is 2. The molecular formula is C21H33F2N3O3. The number of nitrogens with one attached hydrogen (secondary N) is 2. The van der Waals surface area contributed by atoms with Gasteiger partial charge in [-0.2, -0.15) is 8.78 Å². The Hall–Kier alpha value is -1.93. The monoisotopic (exact) mass is 413 g/mol. The zero-order valence-electron chi connectivity index (χ0n) is 17.1. The number of benzene rings is 1.